The molecule has 96 valence electrons. The van der Waals surface area contributed by atoms with E-state index >= 15 is 0 Å². The van der Waals surface area contributed by atoms with Crippen molar-refractivity contribution in [3.63, 3.8) is 0 Å². The number of ether oxygens (including phenoxy) is 1. The lowest BCUT2D eigenvalue weighted by Crippen LogP contribution is -2.38. The fourth-order valence-corrected chi connectivity index (χ4v) is 2.68. The molecule has 1 rings (SSSR count). The highest BCUT2D eigenvalue weighted by Gasteiger charge is 2.19. The first kappa shape index (κ1) is 13.9. The van der Waals surface area contributed by atoms with Gasteiger partial charge in [-0.25, -0.2) is 0 Å². The number of nitrogens with one attached hydrogen (secondary N) is 1. The Morgan fingerprint density at radius 1 is 1.44 bits per heavy atom. The van der Waals surface area contributed by atoms with Gasteiger partial charge in [-0.15, -0.1) is 0 Å². The molecule has 3 nitrogen and oxygen atoms in total. The number of rotatable bonds is 7. The van der Waals surface area contributed by atoms with E-state index in [-0.39, 0.29) is 6.61 Å². The summed E-state index contributed by atoms with van der Waals surface area (Å²) < 4.78 is 5.14. The van der Waals surface area contributed by atoms with Gasteiger partial charge < -0.3 is 15.2 Å². The second-order valence-electron chi connectivity index (χ2n) is 5.21. The highest BCUT2D eigenvalue weighted by atomic mass is 16.5. The Morgan fingerprint density at radius 3 is 2.88 bits per heavy atom. The van der Waals surface area contributed by atoms with Crippen LogP contribution in [0.3, 0.4) is 0 Å². The molecule has 3 atom stereocenters. The third-order valence-electron chi connectivity index (χ3n) is 3.59. The van der Waals surface area contributed by atoms with Crippen LogP contribution in [0.1, 0.15) is 39.0 Å². The summed E-state index contributed by atoms with van der Waals surface area (Å²) in [5.74, 6) is 1.71. The molecule has 3 unspecified atom stereocenters. The van der Waals surface area contributed by atoms with E-state index in [1.54, 1.807) is 7.11 Å². The Hall–Kier alpha value is -0.120. The maximum atomic E-state index is 8.95. The van der Waals surface area contributed by atoms with E-state index in [1.807, 2.05) is 0 Å². The van der Waals surface area contributed by atoms with Gasteiger partial charge in [0.05, 0.1) is 6.61 Å². The minimum Gasteiger partial charge on any atom is -0.396 e. The Balaban J connectivity index is 2.19. The molecule has 0 saturated heterocycles. The Labute approximate surface area is 99.6 Å². The summed E-state index contributed by atoms with van der Waals surface area (Å²) in [6, 6.07) is 0.312. The smallest absolute Gasteiger partial charge is 0.0616 e. The van der Waals surface area contributed by atoms with Crippen LogP contribution in [0.2, 0.25) is 0 Å². The zero-order valence-corrected chi connectivity index (χ0v) is 10.7. The molecule has 2 N–H and O–H groups in total. The molecule has 16 heavy (non-hydrogen) atoms. The third kappa shape index (κ3) is 5.28. The second kappa shape index (κ2) is 8.04. The number of methoxy groups -OCH3 is 1. The molecule has 1 saturated carbocycles. The maximum Gasteiger partial charge on any atom is 0.0616 e. The van der Waals surface area contributed by atoms with Gasteiger partial charge in [-0.3, -0.25) is 0 Å². The van der Waals surface area contributed by atoms with Gasteiger partial charge in [-0.1, -0.05) is 19.8 Å². The molecule has 0 bridgehead atoms. The van der Waals surface area contributed by atoms with Gasteiger partial charge in [0.15, 0.2) is 0 Å². The lowest BCUT2D eigenvalue weighted by Gasteiger charge is -2.28. The average Bonchev–Trinajstić information content (AvgIpc) is 2.27. The third-order valence-corrected chi connectivity index (χ3v) is 3.59. The van der Waals surface area contributed by atoms with Gasteiger partial charge in [-0.05, 0) is 37.6 Å². The molecule has 0 aromatic rings. The van der Waals surface area contributed by atoms with Crippen molar-refractivity contribution in [2.45, 2.75) is 45.1 Å². The van der Waals surface area contributed by atoms with Crippen LogP contribution in [0.5, 0.6) is 0 Å². The lowest BCUT2D eigenvalue weighted by molar-refractivity contribution is 0.142. The van der Waals surface area contributed by atoms with E-state index < -0.39 is 0 Å². The van der Waals surface area contributed by atoms with Crippen LogP contribution >= 0.6 is 0 Å². The van der Waals surface area contributed by atoms with Gasteiger partial charge in [0.25, 0.3) is 0 Å². The average molecular weight is 229 g/mol. The predicted molar refractivity (Wildman–Crippen MR) is 66.5 cm³/mol. The molecule has 0 aromatic carbocycles. The highest BCUT2D eigenvalue weighted by Crippen LogP contribution is 2.27. The molecule has 0 spiro atoms. The van der Waals surface area contributed by atoms with Gasteiger partial charge in [0.1, 0.15) is 0 Å². The fourth-order valence-electron chi connectivity index (χ4n) is 2.68. The van der Waals surface area contributed by atoms with Crippen molar-refractivity contribution in [2.24, 2.45) is 11.8 Å². The highest BCUT2D eigenvalue weighted by molar-refractivity contribution is 4.75. The van der Waals surface area contributed by atoms with E-state index in [2.05, 4.69) is 12.2 Å². The van der Waals surface area contributed by atoms with Gasteiger partial charge in [0.2, 0.25) is 0 Å². The molecule has 3 heteroatoms. The van der Waals surface area contributed by atoms with Crippen LogP contribution in [0, 0.1) is 11.8 Å². The molecular formula is C13H27NO2. The topological polar surface area (TPSA) is 41.5 Å². The fraction of sp³-hybridized carbons (Fsp3) is 1.00. The number of hydrogen-bond donors (Lipinski definition) is 2. The molecule has 1 aliphatic carbocycles. The van der Waals surface area contributed by atoms with Crippen molar-refractivity contribution >= 4 is 0 Å². The summed E-state index contributed by atoms with van der Waals surface area (Å²) in [5, 5.41) is 12.5. The molecule has 0 aromatic heterocycles. The molecule has 0 amide bonds. The minimum absolute atomic E-state index is 0.238. The zero-order chi connectivity index (χ0) is 11.8. The molecule has 0 aliphatic heterocycles. The van der Waals surface area contributed by atoms with Crippen LogP contribution in [-0.2, 0) is 4.74 Å². The predicted octanol–water partition coefficient (Wildman–Crippen LogP) is 1.80. The maximum absolute atomic E-state index is 8.95. The van der Waals surface area contributed by atoms with E-state index in [9.17, 15) is 0 Å². The Kier molecular flexibility index (Phi) is 7.01. The molecule has 1 fully saturated rings. The summed E-state index contributed by atoms with van der Waals surface area (Å²) in [6.45, 7) is 4.37. The van der Waals surface area contributed by atoms with E-state index in [0.717, 1.165) is 24.8 Å². The normalized spacial score (nSPS) is 27.9. The van der Waals surface area contributed by atoms with E-state index in [0.29, 0.717) is 12.6 Å². The first-order valence-corrected chi connectivity index (χ1v) is 6.59. The zero-order valence-electron chi connectivity index (χ0n) is 10.7. The first-order chi connectivity index (χ1) is 7.76. The van der Waals surface area contributed by atoms with Crippen molar-refractivity contribution in [3.05, 3.63) is 0 Å². The molecule has 0 radical (unpaired) electrons. The van der Waals surface area contributed by atoms with Gasteiger partial charge in [-0.2, -0.15) is 0 Å². The summed E-state index contributed by atoms with van der Waals surface area (Å²) in [7, 11) is 1.72. The molecular weight excluding hydrogens is 202 g/mol. The minimum atomic E-state index is 0.238. The van der Waals surface area contributed by atoms with Crippen LogP contribution in [0.15, 0.2) is 0 Å². The Bertz CT molecular complexity index is 165. The summed E-state index contributed by atoms with van der Waals surface area (Å²) >= 11 is 0. The molecule has 0 heterocycles. The van der Waals surface area contributed by atoms with Gasteiger partial charge in [0, 0.05) is 19.8 Å². The van der Waals surface area contributed by atoms with Crippen molar-refractivity contribution in [3.8, 4) is 0 Å². The quantitative estimate of drug-likeness (QED) is 0.699. The Morgan fingerprint density at radius 2 is 2.25 bits per heavy atom. The first-order valence-electron chi connectivity index (χ1n) is 6.59. The van der Waals surface area contributed by atoms with Crippen molar-refractivity contribution in [2.75, 3.05) is 26.9 Å². The van der Waals surface area contributed by atoms with Crippen LogP contribution in [-0.4, -0.2) is 38.0 Å². The standard InChI is InChI=1S/C13H27NO2/c1-11-4-3-5-12(8-11)9-14-13(6-7-15)10-16-2/h11-15H,3-10H2,1-2H3. The number of aliphatic hydroxyl groups is 1. The SMILES string of the molecule is COCC(CCO)NCC1CCCC(C)C1. The van der Waals surface area contributed by atoms with E-state index in [4.69, 9.17) is 9.84 Å². The van der Waals surface area contributed by atoms with Crippen LogP contribution in [0.25, 0.3) is 0 Å². The van der Waals surface area contributed by atoms with Gasteiger partial charge >= 0.3 is 0 Å². The monoisotopic (exact) mass is 229 g/mol. The summed E-state index contributed by atoms with van der Waals surface area (Å²) in [6.07, 6.45) is 6.27. The lowest BCUT2D eigenvalue weighted by atomic mass is 9.82. The van der Waals surface area contributed by atoms with Crippen molar-refractivity contribution < 1.29 is 9.84 Å². The van der Waals surface area contributed by atoms with Crippen molar-refractivity contribution in [1.82, 2.24) is 5.32 Å². The number of aliphatic hydroxyl groups excluding tert-OH is 1. The van der Waals surface area contributed by atoms with Crippen LogP contribution < -0.4 is 5.32 Å². The second-order valence-corrected chi connectivity index (χ2v) is 5.21. The summed E-state index contributed by atoms with van der Waals surface area (Å²) in [4.78, 5) is 0. The summed E-state index contributed by atoms with van der Waals surface area (Å²) in [5.41, 5.74) is 0. The molecule has 1 aliphatic rings. The van der Waals surface area contributed by atoms with Crippen LogP contribution in [0.4, 0.5) is 0 Å². The van der Waals surface area contributed by atoms with Crippen molar-refractivity contribution in [1.29, 1.82) is 0 Å². The number of hydrogen-bond acceptors (Lipinski definition) is 3. The largest absolute Gasteiger partial charge is 0.396 e. The van der Waals surface area contributed by atoms with E-state index in [1.165, 1.54) is 25.7 Å².